The van der Waals surface area contributed by atoms with E-state index in [4.69, 9.17) is 0 Å². The molecule has 0 aliphatic rings. The zero-order valence-corrected chi connectivity index (χ0v) is 17.1. The largest absolute Gasteiger partial charge is 0.0843 e. The lowest BCUT2D eigenvalue weighted by Crippen LogP contribution is -2.37. The van der Waals surface area contributed by atoms with E-state index in [2.05, 4.69) is 94.2 Å². The third-order valence-electron chi connectivity index (χ3n) is 4.57. The molecule has 0 atom stereocenters. The molecule has 0 spiro atoms. The average Bonchev–Trinajstić information content (AvgIpc) is 2.57. The first kappa shape index (κ1) is 17.1. The lowest BCUT2D eigenvalue weighted by Gasteiger charge is -2.25. The molecule has 3 rings (SSSR count). The molecule has 3 aromatic rings. The third-order valence-corrected chi connectivity index (χ3v) is 9.86. The van der Waals surface area contributed by atoms with E-state index in [9.17, 15) is 0 Å². The van der Waals surface area contributed by atoms with Crippen LogP contribution in [0.25, 0.3) is 22.0 Å². The zero-order chi connectivity index (χ0) is 17.3. The molecule has 1 aromatic heterocycles. The summed E-state index contributed by atoms with van der Waals surface area (Å²) in [6.45, 7) is 12.0. The number of benzene rings is 2. The molecule has 0 nitrogen and oxygen atoms in total. The van der Waals surface area contributed by atoms with E-state index >= 15 is 0 Å². The molecule has 2 heteroatoms. The van der Waals surface area contributed by atoms with Gasteiger partial charge in [0.2, 0.25) is 0 Å². The third kappa shape index (κ3) is 3.24. The topological polar surface area (TPSA) is 0 Å². The van der Waals surface area contributed by atoms with Gasteiger partial charge in [0.05, 0.1) is 8.07 Å². The van der Waals surface area contributed by atoms with E-state index in [0.717, 1.165) is 0 Å². The Bertz CT molecular complexity index is 847. The van der Waals surface area contributed by atoms with Crippen LogP contribution in [0.15, 0.2) is 60.7 Å². The average molecular weight is 349 g/mol. The maximum atomic E-state index is 2.47. The molecule has 0 aliphatic carbocycles. The van der Waals surface area contributed by atoms with Gasteiger partial charge in [0.15, 0.2) is 0 Å². The highest BCUT2D eigenvalue weighted by molar-refractivity contribution is 7.44. The van der Waals surface area contributed by atoms with Crippen LogP contribution in [0.2, 0.25) is 19.6 Å². The van der Waals surface area contributed by atoms with Crippen molar-refractivity contribution in [1.82, 2.24) is 0 Å². The van der Waals surface area contributed by atoms with Gasteiger partial charge in [-0.1, -0.05) is 88.5 Å². The van der Waals surface area contributed by atoms with E-state index < -0.39 is 8.07 Å². The van der Waals surface area contributed by atoms with Gasteiger partial charge in [0.1, 0.15) is 0 Å². The molecule has 1 heterocycles. The summed E-state index contributed by atoms with van der Waals surface area (Å²) < 4.78 is 0. The lowest BCUT2D eigenvalue weighted by atomic mass is 9.99. The Morgan fingerprint density at radius 1 is 0.667 bits per heavy atom. The predicted octanol–water partition coefficient (Wildman–Crippen LogP) is 6.76. The molecule has 24 heavy (non-hydrogen) atoms. The molecule has 0 N–H and O–H groups in total. The van der Waals surface area contributed by atoms with Crippen molar-refractivity contribution in [3.63, 3.8) is 0 Å². The molecule has 0 unspecified atom stereocenters. The maximum absolute atomic E-state index is 2.47. The van der Waals surface area contributed by atoms with Crippen LogP contribution < -0.4 is 4.92 Å². The summed E-state index contributed by atoms with van der Waals surface area (Å²) in [5.41, 5.74) is 7.10. The Morgan fingerprint density at radius 3 is 1.67 bits per heavy atom. The van der Waals surface area contributed by atoms with Crippen molar-refractivity contribution in [1.29, 1.82) is 0 Å². The van der Waals surface area contributed by atoms with E-state index in [1.165, 1.54) is 41.3 Å². The molecule has 0 radical (unpaired) electrons. The van der Waals surface area contributed by atoms with Crippen LogP contribution in [0.1, 0.15) is 11.1 Å². The van der Waals surface area contributed by atoms with Gasteiger partial charge >= 0.3 is 0 Å². The normalized spacial score (nSPS) is 11.9. The quantitative estimate of drug-likeness (QED) is 0.459. The minimum Gasteiger partial charge on any atom is -0.0679 e. The fourth-order valence-electron chi connectivity index (χ4n) is 3.17. The van der Waals surface area contributed by atoms with Gasteiger partial charge < -0.3 is 0 Å². The van der Waals surface area contributed by atoms with Crippen LogP contribution in [-0.2, 0) is 0 Å². The molecule has 0 fully saturated rings. The van der Waals surface area contributed by atoms with Gasteiger partial charge in [-0.25, -0.2) is 0 Å². The standard InChI is InChI=1S/C22H25PSi/c1-16-17(2)21(19-14-10-7-11-15-19)23-22(24(3,4)5)20(16)18-12-8-6-9-13-18/h6-15H,1-5H3. The van der Waals surface area contributed by atoms with Crippen LogP contribution in [0.4, 0.5) is 0 Å². The molecular weight excluding hydrogens is 323 g/mol. The Kier molecular flexibility index (Phi) is 4.76. The fourth-order valence-corrected chi connectivity index (χ4v) is 7.18. The summed E-state index contributed by atoms with van der Waals surface area (Å²) >= 11 is 0. The minimum atomic E-state index is -1.44. The van der Waals surface area contributed by atoms with Crippen molar-refractivity contribution in [3.8, 4) is 22.0 Å². The summed E-state index contributed by atoms with van der Waals surface area (Å²) in [6.07, 6.45) is 0. The highest BCUT2D eigenvalue weighted by Gasteiger charge is 2.25. The lowest BCUT2D eigenvalue weighted by molar-refractivity contribution is 1.37. The highest BCUT2D eigenvalue weighted by Crippen LogP contribution is 2.38. The first-order valence-corrected chi connectivity index (χ1v) is 12.9. The molecule has 0 amide bonds. The zero-order valence-electron chi connectivity index (χ0n) is 15.2. The molecule has 0 bridgehead atoms. The monoisotopic (exact) mass is 348 g/mol. The van der Waals surface area contributed by atoms with Crippen LogP contribution in [-0.4, -0.2) is 8.07 Å². The second-order valence-corrected chi connectivity index (χ2v) is 14.0. The van der Waals surface area contributed by atoms with Gasteiger partial charge in [0, 0.05) is 5.30 Å². The molecule has 0 aliphatic heterocycles. The van der Waals surface area contributed by atoms with Gasteiger partial charge in [-0.3, -0.25) is 0 Å². The van der Waals surface area contributed by atoms with E-state index in [1.54, 1.807) is 4.92 Å². The van der Waals surface area contributed by atoms with Crippen molar-refractivity contribution >= 4 is 21.2 Å². The molecule has 122 valence electrons. The highest BCUT2D eigenvalue weighted by atomic mass is 31.0. The molecule has 0 saturated carbocycles. The van der Waals surface area contributed by atoms with Crippen molar-refractivity contribution in [2.24, 2.45) is 0 Å². The van der Waals surface area contributed by atoms with Crippen LogP contribution in [0, 0.1) is 13.8 Å². The van der Waals surface area contributed by atoms with Gasteiger partial charge in [0.25, 0.3) is 0 Å². The Hall–Kier alpha value is -1.69. The van der Waals surface area contributed by atoms with Gasteiger partial charge in [-0.2, -0.15) is 0 Å². The first-order valence-electron chi connectivity index (χ1n) is 8.52. The van der Waals surface area contributed by atoms with E-state index in [1.807, 2.05) is 0 Å². The molecule has 2 aromatic carbocycles. The smallest absolute Gasteiger partial charge is 0.0679 e. The van der Waals surface area contributed by atoms with Crippen LogP contribution >= 0.6 is 8.19 Å². The Labute approximate surface area is 148 Å². The fraction of sp³-hybridized carbons (Fsp3) is 0.227. The SMILES string of the molecule is Cc1c(-c2ccccc2)pc([Si](C)(C)C)c(-c2ccccc2)c1C. The number of hydrogen-bond donors (Lipinski definition) is 0. The number of rotatable bonds is 3. The Balaban J connectivity index is 2.34. The minimum absolute atomic E-state index is 1.36. The van der Waals surface area contributed by atoms with Crippen molar-refractivity contribution in [3.05, 3.63) is 71.8 Å². The molecular formula is C22H25PSi. The van der Waals surface area contributed by atoms with Crippen molar-refractivity contribution in [2.45, 2.75) is 33.5 Å². The van der Waals surface area contributed by atoms with Crippen molar-refractivity contribution in [2.75, 3.05) is 0 Å². The van der Waals surface area contributed by atoms with Gasteiger partial charge in [-0.15, -0.1) is 0 Å². The second-order valence-electron chi connectivity index (χ2n) is 7.42. The summed E-state index contributed by atoms with van der Waals surface area (Å²) in [5, 5.41) is 1.48. The summed E-state index contributed by atoms with van der Waals surface area (Å²) in [7, 11) is -0.0403. The van der Waals surface area contributed by atoms with E-state index in [-0.39, 0.29) is 0 Å². The van der Waals surface area contributed by atoms with E-state index in [0.29, 0.717) is 0 Å². The predicted molar refractivity (Wildman–Crippen MR) is 112 cm³/mol. The maximum Gasteiger partial charge on any atom is 0.0843 e. The summed E-state index contributed by atoms with van der Waals surface area (Å²) in [5.74, 6) is 0. The first-order chi connectivity index (χ1) is 11.4. The second kappa shape index (κ2) is 6.67. The van der Waals surface area contributed by atoms with Crippen LogP contribution in [0.3, 0.4) is 0 Å². The van der Waals surface area contributed by atoms with Crippen LogP contribution in [0.5, 0.6) is 0 Å². The molecule has 0 saturated heterocycles. The Morgan fingerprint density at radius 2 is 1.17 bits per heavy atom. The summed E-state index contributed by atoms with van der Waals surface area (Å²) in [6, 6.07) is 21.8. The van der Waals surface area contributed by atoms with Gasteiger partial charge in [-0.05, 0) is 46.6 Å². The number of hydrogen-bond acceptors (Lipinski definition) is 0. The van der Waals surface area contributed by atoms with Crippen molar-refractivity contribution < 1.29 is 0 Å². The summed E-state index contributed by atoms with van der Waals surface area (Å²) in [4.78, 5) is 1.65.